The maximum atomic E-state index is 12.3. The van der Waals surface area contributed by atoms with Crippen molar-refractivity contribution in [1.29, 1.82) is 0 Å². The van der Waals surface area contributed by atoms with Gasteiger partial charge in [-0.05, 0) is 50.5 Å². The fourth-order valence-electron chi connectivity index (χ4n) is 3.21. The second-order valence-electron chi connectivity index (χ2n) is 6.09. The monoisotopic (exact) mass is 343 g/mol. The zero-order chi connectivity index (χ0) is 17.8. The number of anilines is 1. The molecule has 1 heterocycles. The number of nitrogens with one attached hydrogen (secondary N) is 2. The number of nitrogens with zero attached hydrogens (tertiary/aromatic N) is 1. The number of urea groups is 1. The summed E-state index contributed by atoms with van der Waals surface area (Å²) in [6.45, 7) is 2.46. The Balaban J connectivity index is 1.72. The third-order valence-electron chi connectivity index (χ3n) is 4.39. The molecule has 7 nitrogen and oxygen atoms in total. The van der Waals surface area contributed by atoms with Gasteiger partial charge in [0.1, 0.15) is 5.75 Å². The highest BCUT2D eigenvalue weighted by Crippen LogP contribution is 2.30. The van der Waals surface area contributed by atoms with Crippen molar-refractivity contribution in [2.45, 2.75) is 32.2 Å². The van der Waals surface area contributed by atoms with Gasteiger partial charge in [-0.2, -0.15) is 0 Å². The number of carboxylic acids is 1. The van der Waals surface area contributed by atoms with Crippen LogP contribution in [0.1, 0.15) is 26.2 Å². The van der Waals surface area contributed by atoms with Crippen LogP contribution in [0.15, 0.2) is 30.5 Å². The first-order valence-corrected chi connectivity index (χ1v) is 8.39. The normalized spacial score (nSPS) is 19.6. The second-order valence-corrected chi connectivity index (χ2v) is 6.09. The number of aliphatic carboxylic acids is 1. The molecule has 1 aromatic carbocycles. The summed E-state index contributed by atoms with van der Waals surface area (Å²) in [7, 11) is 0. The molecular formula is C18H21N3O4. The summed E-state index contributed by atoms with van der Waals surface area (Å²) in [6.07, 6.45) is 3.39. The molecule has 2 atom stereocenters. The fraction of sp³-hybridized carbons (Fsp3) is 0.389. The molecule has 0 unspecified atom stereocenters. The van der Waals surface area contributed by atoms with Gasteiger partial charge < -0.3 is 20.5 Å². The van der Waals surface area contributed by atoms with E-state index in [0.717, 1.165) is 11.1 Å². The molecule has 0 aliphatic heterocycles. The van der Waals surface area contributed by atoms with E-state index in [2.05, 4.69) is 15.6 Å². The first-order chi connectivity index (χ1) is 12.1. The molecule has 2 amide bonds. The van der Waals surface area contributed by atoms with E-state index in [0.29, 0.717) is 37.1 Å². The van der Waals surface area contributed by atoms with Crippen LogP contribution in [0.5, 0.6) is 5.75 Å². The van der Waals surface area contributed by atoms with Crippen LogP contribution in [-0.4, -0.2) is 34.7 Å². The largest absolute Gasteiger partial charge is 0.493 e. The summed E-state index contributed by atoms with van der Waals surface area (Å²) < 4.78 is 5.60. The van der Waals surface area contributed by atoms with Crippen LogP contribution >= 0.6 is 0 Å². The van der Waals surface area contributed by atoms with E-state index in [4.69, 9.17) is 9.84 Å². The number of rotatable bonds is 5. The predicted molar refractivity (Wildman–Crippen MR) is 93.8 cm³/mol. The number of carbonyl (C=O) groups is 2. The SMILES string of the molecule is CCOc1ccc(NC(=O)N[C@@H]2CC[C@H](C(=O)O)C2)c2ncccc12. The second kappa shape index (κ2) is 7.38. The summed E-state index contributed by atoms with van der Waals surface area (Å²) in [6, 6.07) is 6.80. The number of carbonyl (C=O) groups excluding carboxylic acids is 1. The van der Waals surface area contributed by atoms with Crippen LogP contribution in [0.3, 0.4) is 0 Å². The number of benzene rings is 1. The van der Waals surface area contributed by atoms with Crippen molar-refractivity contribution in [2.24, 2.45) is 5.92 Å². The lowest BCUT2D eigenvalue weighted by atomic mass is 10.1. The van der Waals surface area contributed by atoms with E-state index in [1.807, 2.05) is 19.1 Å². The molecule has 2 aromatic rings. The minimum absolute atomic E-state index is 0.122. The van der Waals surface area contributed by atoms with Gasteiger partial charge in [-0.15, -0.1) is 0 Å². The molecule has 3 rings (SSSR count). The van der Waals surface area contributed by atoms with E-state index in [1.165, 1.54) is 0 Å². The van der Waals surface area contributed by atoms with Crippen molar-refractivity contribution in [3.8, 4) is 5.75 Å². The summed E-state index contributed by atoms with van der Waals surface area (Å²) in [5.41, 5.74) is 1.24. The molecule has 1 aromatic heterocycles. The Morgan fingerprint density at radius 1 is 1.32 bits per heavy atom. The van der Waals surface area contributed by atoms with Gasteiger partial charge in [0, 0.05) is 17.6 Å². The Morgan fingerprint density at radius 3 is 2.88 bits per heavy atom. The Labute approximate surface area is 145 Å². The van der Waals surface area contributed by atoms with E-state index >= 15 is 0 Å². The number of fused-ring (bicyclic) bond motifs is 1. The van der Waals surface area contributed by atoms with Gasteiger partial charge in [0.15, 0.2) is 0 Å². The Bertz CT molecular complexity index is 793. The maximum Gasteiger partial charge on any atom is 0.319 e. The van der Waals surface area contributed by atoms with Gasteiger partial charge in [-0.1, -0.05) is 0 Å². The van der Waals surface area contributed by atoms with Gasteiger partial charge in [0.25, 0.3) is 0 Å². The van der Waals surface area contributed by atoms with Crippen molar-refractivity contribution < 1.29 is 19.4 Å². The van der Waals surface area contributed by atoms with Gasteiger partial charge in [0.2, 0.25) is 0 Å². The zero-order valence-corrected chi connectivity index (χ0v) is 14.0. The Morgan fingerprint density at radius 2 is 2.16 bits per heavy atom. The van der Waals surface area contributed by atoms with Crippen molar-refractivity contribution in [3.05, 3.63) is 30.5 Å². The van der Waals surface area contributed by atoms with Crippen LogP contribution in [0.4, 0.5) is 10.5 Å². The average molecular weight is 343 g/mol. The van der Waals surface area contributed by atoms with Crippen molar-refractivity contribution in [3.63, 3.8) is 0 Å². The maximum absolute atomic E-state index is 12.3. The minimum Gasteiger partial charge on any atom is -0.493 e. The molecule has 0 saturated heterocycles. The van der Waals surface area contributed by atoms with Crippen LogP contribution in [0.25, 0.3) is 10.9 Å². The molecule has 0 spiro atoms. The van der Waals surface area contributed by atoms with Crippen LogP contribution in [0.2, 0.25) is 0 Å². The predicted octanol–water partition coefficient (Wildman–Crippen LogP) is 3.01. The summed E-state index contributed by atoms with van der Waals surface area (Å²) in [5.74, 6) is -0.457. The van der Waals surface area contributed by atoms with E-state index < -0.39 is 5.97 Å². The van der Waals surface area contributed by atoms with Crippen LogP contribution < -0.4 is 15.4 Å². The van der Waals surface area contributed by atoms with Crippen LogP contribution in [0, 0.1) is 5.92 Å². The molecule has 1 aliphatic carbocycles. The highest BCUT2D eigenvalue weighted by molar-refractivity contribution is 6.01. The topological polar surface area (TPSA) is 101 Å². The number of amides is 2. The molecule has 1 aliphatic rings. The van der Waals surface area contributed by atoms with Gasteiger partial charge >= 0.3 is 12.0 Å². The van der Waals surface area contributed by atoms with Crippen molar-refractivity contribution in [2.75, 3.05) is 11.9 Å². The first kappa shape index (κ1) is 17.0. The molecule has 0 bridgehead atoms. The van der Waals surface area contributed by atoms with E-state index in [1.54, 1.807) is 18.3 Å². The highest BCUT2D eigenvalue weighted by atomic mass is 16.5. The molecule has 25 heavy (non-hydrogen) atoms. The van der Waals surface area contributed by atoms with Gasteiger partial charge in [0.05, 0.1) is 23.7 Å². The zero-order valence-electron chi connectivity index (χ0n) is 14.0. The number of ether oxygens (including phenoxy) is 1. The lowest BCUT2D eigenvalue weighted by Crippen LogP contribution is -2.36. The molecule has 1 fully saturated rings. The third-order valence-corrected chi connectivity index (χ3v) is 4.39. The molecule has 0 radical (unpaired) electrons. The molecule has 132 valence electrons. The van der Waals surface area contributed by atoms with Gasteiger partial charge in [-0.25, -0.2) is 4.79 Å². The van der Waals surface area contributed by atoms with E-state index in [-0.39, 0.29) is 18.0 Å². The smallest absolute Gasteiger partial charge is 0.319 e. The van der Waals surface area contributed by atoms with E-state index in [9.17, 15) is 9.59 Å². The summed E-state index contributed by atoms with van der Waals surface area (Å²) >= 11 is 0. The number of aromatic nitrogens is 1. The number of carboxylic acid groups (broad SMARTS) is 1. The summed E-state index contributed by atoms with van der Waals surface area (Å²) in [5, 5.41) is 15.5. The third kappa shape index (κ3) is 3.81. The van der Waals surface area contributed by atoms with Crippen LogP contribution in [-0.2, 0) is 4.79 Å². The first-order valence-electron chi connectivity index (χ1n) is 8.39. The number of hydrogen-bond acceptors (Lipinski definition) is 4. The standard InChI is InChI=1S/C18H21N3O4/c1-2-25-15-8-7-14(16-13(15)4-3-9-19-16)21-18(24)20-12-6-5-11(10-12)17(22)23/h3-4,7-9,11-12H,2,5-6,10H2,1H3,(H,22,23)(H2,20,21,24)/t11-,12+/m0/s1. The highest BCUT2D eigenvalue weighted by Gasteiger charge is 2.30. The fourth-order valence-corrected chi connectivity index (χ4v) is 3.21. The molecule has 3 N–H and O–H groups in total. The Hall–Kier alpha value is -2.83. The number of pyridine rings is 1. The quantitative estimate of drug-likeness (QED) is 0.775. The minimum atomic E-state index is -0.800. The molecular weight excluding hydrogens is 322 g/mol. The van der Waals surface area contributed by atoms with Crippen molar-refractivity contribution in [1.82, 2.24) is 10.3 Å². The average Bonchev–Trinajstić information content (AvgIpc) is 3.06. The molecule has 1 saturated carbocycles. The lowest BCUT2D eigenvalue weighted by molar-refractivity contribution is -0.141. The lowest BCUT2D eigenvalue weighted by Gasteiger charge is -2.15. The number of hydrogen-bond donors (Lipinski definition) is 3. The van der Waals surface area contributed by atoms with Crippen molar-refractivity contribution >= 4 is 28.6 Å². The molecule has 7 heteroatoms. The summed E-state index contributed by atoms with van der Waals surface area (Å²) in [4.78, 5) is 27.6. The van der Waals surface area contributed by atoms with Gasteiger partial charge in [-0.3, -0.25) is 9.78 Å². The Kier molecular flexibility index (Phi) is 5.02.